The third kappa shape index (κ3) is 2.89. The molecule has 124 valence electrons. The van der Waals surface area contributed by atoms with Crippen molar-refractivity contribution in [3.05, 3.63) is 71.8 Å². The third-order valence-corrected chi connectivity index (χ3v) is 3.78. The molecule has 2 heterocycles. The number of oxazole rings is 1. The van der Waals surface area contributed by atoms with Crippen LogP contribution < -0.4 is 0 Å². The van der Waals surface area contributed by atoms with Crippen LogP contribution in [0.15, 0.2) is 63.5 Å². The molecule has 0 fully saturated rings. The highest BCUT2D eigenvalue weighted by molar-refractivity contribution is 5.97. The van der Waals surface area contributed by atoms with E-state index in [2.05, 4.69) is 10.1 Å². The van der Waals surface area contributed by atoms with Crippen molar-refractivity contribution in [1.82, 2.24) is 10.1 Å². The molecule has 0 unspecified atom stereocenters. The fraction of sp³-hybridized carbons (Fsp3) is 0.105. The number of benzene rings is 2. The minimum Gasteiger partial charge on any atom is -0.452 e. The summed E-state index contributed by atoms with van der Waals surface area (Å²) in [5.74, 6) is 0.214. The van der Waals surface area contributed by atoms with Crippen LogP contribution in [0.5, 0.6) is 0 Å². The Balaban J connectivity index is 1.56. The van der Waals surface area contributed by atoms with Gasteiger partial charge in [-0.05, 0) is 19.1 Å². The van der Waals surface area contributed by atoms with E-state index in [1.807, 2.05) is 54.6 Å². The van der Waals surface area contributed by atoms with Gasteiger partial charge in [0.25, 0.3) is 0 Å². The van der Waals surface area contributed by atoms with Gasteiger partial charge in [0.05, 0.1) is 0 Å². The fourth-order valence-electron chi connectivity index (χ4n) is 2.59. The molecule has 0 saturated carbocycles. The van der Waals surface area contributed by atoms with E-state index in [4.69, 9.17) is 13.7 Å². The number of carbonyl (C=O) groups is 1. The topological polar surface area (TPSA) is 78.4 Å². The van der Waals surface area contributed by atoms with Gasteiger partial charge in [0.1, 0.15) is 22.5 Å². The van der Waals surface area contributed by atoms with Crippen LogP contribution in [0.1, 0.15) is 22.0 Å². The van der Waals surface area contributed by atoms with Crippen LogP contribution in [0.2, 0.25) is 0 Å². The highest BCUT2D eigenvalue weighted by Crippen LogP contribution is 2.26. The van der Waals surface area contributed by atoms with Gasteiger partial charge in [-0.2, -0.15) is 0 Å². The molecule has 0 atom stereocenters. The Kier molecular flexibility index (Phi) is 3.78. The highest BCUT2D eigenvalue weighted by atomic mass is 16.5. The molecule has 4 rings (SSSR count). The molecule has 6 nitrogen and oxygen atoms in total. The van der Waals surface area contributed by atoms with Gasteiger partial charge in [-0.25, -0.2) is 9.78 Å². The summed E-state index contributed by atoms with van der Waals surface area (Å²) in [4.78, 5) is 16.8. The summed E-state index contributed by atoms with van der Waals surface area (Å²) < 4.78 is 16.1. The van der Waals surface area contributed by atoms with Gasteiger partial charge in [0.2, 0.25) is 5.89 Å². The average Bonchev–Trinajstić information content (AvgIpc) is 3.23. The van der Waals surface area contributed by atoms with Crippen molar-refractivity contribution in [2.45, 2.75) is 13.5 Å². The normalized spacial score (nSPS) is 10.9. The largest absolute Gasteiger partial charge is 0.452 e. The quantitative estimate of drug-likeness (QED) is 0.522. The van der Waals surface area contributed by atoms with Gasteiger partial charge in [0.15, 0.2) is 12.2 Å². The molecule has 0 N–H and O–H groups in total. The number of ether oxygens (including phenoxy) is 1. The first kappa shape index (κ1) is 15.1. The van der Waals surface area contributed by atoms with Gasteiger partial charge in [0, 0.05) is 5.56 Å². The second-order valence-electron chi connectivity index (χ2n) is 5.48. The van der Waals surface area contributed by atoms with E-state index in [-0.39, 0.29) is 6.61 Å². The van der Waals surface area contributed by atoms with Gasteiger partial charge in [-0.1, -0.05) is 47.6 Å². The Bertz CT molecular complexity index is 1000. The Labute approximate surface area is 143 Å². The Morgan fingerprint density at radius 1 is 1.08 bits per heavy atom. The molecular weight excluding hydrogens is 320 g/mol. The molecule has 0 radical (unpaired) electrons. The molecule has 0 aliphatic carbocycles. The zero-order valence-corrected chi connectivity index (χ0v) is 13.4. The molecule has 4 aromatic rings. The summed E-state index contributed by atoms with van der Waals surface area (Å²) in [6, 6.07) is 16.7. The third-order valence-electron chi connectivity index (χ3n) is 3.78. The van der Waals surface area contributed by atoms with Gasteiger partial charge in [-0.15, -0.1) is 0 Å². The van der Waals surface area contributed by atoms with E-state index in [0.717, 1.165) is 11.1 Å². The van der Waals surface area contributed by atoms with Crippen molar-refractivity contribution >= 4 is 17.1 Å². The number of aryl methyl sites for hydroxylation is 1. The predicted molar refractivity (Wildman–Crippen MR) is 89.8 cm³/mol. The summed E-state index contributed by atoms with van der Waals surface area (Å²) in [6.07, 6.45) is 0. The van der Waals surface area contributed by atoms with Crippen LogP contribution in [0.4, 0.5) is 0 Å². The standard InChI is InChI=1S/C19H14N2O4/c1-12-17(18(21-25-12)13-7-3-2-4-8-13)19(22)23-11-16-20-14-9-5-6-10-15(14)24-16/h2-10H,11H2,1H3. The van der Waals surface area contributed by atoms with E-state index in [0.29, 0.717) is 28.5 Å². The number of para-hydroxylation sites is 2. The summed E-state index contributed by atoms with van der Waals surface area (Å²) in [7, 11) is 0. The van der Waals surface area contributed by atoms with Crippen molar-refractivity contribution in [2.24, 2.45) is 0 Å². The first-order valence-corrected chi connectivity index (χ1v) is 7.75. The smallest absolute Gasteiger partial charge is 0.344 e. The van der Waals surface area contributed by atoms with Gasteiger partial charge >= 0.3 is 5.97 Å². The van der Waals surface area contributed by atoms with Crippen LogP contribution in [0, 0.1) is 6.92 Å². The number of nitrogens with zero attached hydrogens (tertiary/aromatic N) is 2. The fourth-order valence-corrected chi connectivity index (χ4v) is 2.59. The molecular formula is C19H14N2O4. The summed E-state index contributed by atoms with van der Waals surface area (Å²) in [6.45, 7) is 1.61. The zero-order chi connectivity index (χ0) is 17.2. The van der Waals surface area contributed by atoms with E-state index < -0.39 is 5.97 Å². The van der Waals surface area contributed by atoms with Crippen molar-refractivity contribution in [3.63, 3.8) is 0 Å². The van der Waals surface area contributed by atoms with Crippen molar-refractivity contribution in [1.29, 1.82) is 0 Å². The number of fused-ring (bicyclic) bond motifs is 1. The van der Waals surface area contributed by atoms with Crippen molar-refractivity contribution in [2.75, 3.05) is 0 Å². The Morgan fingerprint density at radius 2 is 1.84 bits per heavy atom. The minimum atomic E-state index is -0.528. The number of carbonyl (C=O) groups excluding carboxylic acids is 1. The monoisotopic (exact) mass is 334 g/mol. The summed E-state index contributed by atoms with van der Waals surface area (Å²) in [5.41, 5.74) is 2.93. The number of hydrogen-bond donors (Lipinski definition) is 0. The van der Waals surface area contributed by atoms with Crippen LogP contribution >= 0.6 is 0 Å². The maximum atomic E-state index is 12.5. The van der Waals surface area contributed by atoms with E-state index in [1.54, 1.807) is 6.92 Å². The molecule has 2 aromatic carbocycles. The average molecular weight is 334 g/mol. The number of hydrogen-bond acceptors (Lipinski definition) is 6. The van der Waals surface area contributed by atoms with Gasteiger partial charge < -0.3 is 13.7 Å². The van der Waals surface area contributed by atoms with Crippen LogP contribution in [-0.4, -0.2) is 16.1 Å². The van der Waals surface area contributed by atoms with Gasteiger partial charge in [-0.3, -0.25) is 0 Å². The van der Waals surface area contributed by atoms with Crippen molar-refractivity contribution in [3.8, 4) is 11.3 Å². The molecule has 0 aliphatic rings. The lowest BCUT2D eigenvalue weighted by Gasteiger charge is -2.03. The van der Waals surface area contributed by atoms with Crippen LogP contribution in [0.25, 0.3) is 22.4 Å². The first-order chi connectivity index (χ1) is 12.2. The SMILES string of the molecule is Cc1onc(-c2ccccc2)c1C(=O)OCc1nc2ccccc2o1. The highest BCUT2D eigenvalue weighted by Gasteiger charge is 2.23. The predicted octanol–water partition coefficient (Wildman–Crippen LogP) is 4.15. The zero-order valence-electron chi connectivity index (χ0n) is 13.4. The molecule has 25 heavy (non-hydrogen) atoms. The Morgan fingerprint density at radius 3 is 2.64 bits per heavy atom. The summed E-state index contributed by atoms with van der Waals surface area (Å²) in [5, 5.41) is 3.98. The second kappa shape index (κ2) is 6.24. The van der Waals surface area contributed by atoms with E-state index in [1.165, 1.54) is 0 Å². The molecule has 0 spiro atoms. The minimum absolute atomic E-state index is 0.0631. The Hall–Kier alpha value is -3.41. The summed E-state index contributed by atoms with van der Waals surface area (Å²) >= 11 is 0. The first-order valence-electron chi connectivity index (χ1n) is 7.75. The molecule has 0 bridgehead atoms. The molecule has 0 aliphatic heterocycles. The maximum Gasteiger partial charge on any atom is 0.344 e. The van der Waals surface area contributed by atoms with Crippen molar-refractivity contribution < 1.29 is 18.5 Å². The van der Waals surface area contributed by atoms with E-state index in [9.17, 15) is 4.79 Å². The second-order valence-corrected chi connectivity index (χ2v) is 5.48. The molecule has 0 saturated heterocycles. The number of rotatable bonds is 4. The lowest BCUT2D eigenvalue weighted by Crippen LogP contribution is -2.07. The molecule has 0 amide bonds. The number of aromatic nitrogens is 2. The lowest BCUT2D eigenvalue weighted by atomic mass is 10.1. The van der Waals surface area contributed by atoms with Crippen LogP contribution in [-0.2, 0) is 11.3 Å². The lowest BCUT2D eigenvalue weighted by molar-refractivity contribution is 0.0439. The number of esters is 1. The van der Waals surface area contributed by atoms with E-state index >= 15 is 0 Å². The van der Waals surface area contributed by atoms with Crippen LogP contribution in [0.3, 0.4) is 0 Å². The maximum absolute atomic E-state index is 12.5. The molecule has 6 heteroatoms. The molecule has 2 aromatic heterocycles.